The monoisotopic (exact) mass is 580 g/mol. The lowest BCUT2D eigenvalue weighted by molar-refractivity contribution is -0.137. The number of aromatic amines is 1. The first-order valence-electron chi connectivity index (χ1n) is 13.0. The first kappa shape index (κ1) is 29.8. The Morgan fingerprint density at radius 1 is 1.00 bits per heavy atom. The van der Waals surface area contributed by atoms with Gasteiger partial charge in [-0.2, -0.15) is 23.3 Å². The summed E-state index contributed by atoms with van der Waals surface area (Å²) in [6, 6.07) is 14.3. The number of alkyl halides is 3. The number of aliphatic imine (C=N–C) groups is 2. The van der Waals surface area contributed by atoms with Crippen molar-refractivity contribution in [1.82, 2.24) is 10.2 Å². The maximum absolute atomic E-state index is 13.2. The molecule has 41 heavy (non-hydrogen) atoms. The van der Waals surface area contributed by atoms with Crippen molar-refractivity contribution >= 4 is 47.8 Å². The number of nitrogens with one attached hydrogen (secondary N) is 3. The Hall–Kier alpha value is -4.17. The summed E-state index contributed by atoms with van der Waals surface area (Å²) in [4.78, 5) is 9.45. The SMILES string of the molecule is C/C=C/c1cc(NC2=N/C(Nc3ccc(P(C)(C)=O)cc3)=C/CC(C)C(/C=C/c3cccc(C(F)(F)F)c3)=N2)n[nH]1. The molecule has 0 saturated heterocycles. The van der Waals surface area contributed by atoms with Crippen LogP contribution in [0.5, 0.6) is 0 Å². The molecular weight excluding hydrogens is 548 g/mol. The van der Waals surface area contributed by atoms with Crippen LogP contribution in [0.3, 0.4) is 0 Å². The van der Waals surface area contributed by atoms with E-state index < -0.39 is 18.9 Å². The number of rotatable bonds is 7. The summed E-state index contributed by atoms with van der Waals surface area (Å²) in [5.41, 5.74) is 1.91. The number of guanidine groups is 1. The normalized spacial score (nSPS) is 17.9. The lowest BCUT2D eigenvalue weighted by Crippen LogP contribution is -2.19. The first-order chi connectivity index (χ1) is 19.4. The molecule has 1 aliphatic rings. The molecule has 0 bridgehead atoms. The van der Waals surface area contributed by atoms with Crippen LogP contribution in [0.15, 0.2) is 88.6 Å². The third-order valence-corrected chi connectivity index (χ3v) is 7.78. The van der Waals surface area contributed by atoms with Gasteiger partial charge in [-0.15, -0.1) is 0 Å². The number of aromatic nitrogens is 2. The molecule has 0 radical (unpaired) electrons. The standard InChI is InChI=1S/C30H32F3N6OP/c1-5-7-24-19-28(39-38-24)37-29-35-26(16-11-21-8-6-9-22(18-21)30(31,32)33)20(2)10-17-27(36-29)34-23-12-14-25(15-13-23)41(3,4)40/h5-9,11-20,34H,10H2,1-4H3,(H2,36,37,38,39)/b7-5+,16-11+,27-17+,35-26?. The quantitative estimate of drug-likeness (QED) is 0.251. The van der Waals surface area contributed by atoms with Crippen LogP contribution in [0.1, 0.15) is 37.1 Å². The van der Waals surface area contributed by atoms with Gasteiger partial charge in [-0.1, -0.05) is 31.2 Å². The van der Waals surface area contributed by atoms with Crippen LogP contribution in [0.2, 0.25) is 0 Å². The number of H-pyrrole nitrogens is 1. The van der Waals surface area contributed by atoms with Gasteiger partial charge in [0, 0.05) is 28.7 Å². The molecule has 2 heterocycles. The fourth-order valence-electron chi connectivity index (χ4n) is 3.99. The van der Waals surface area contributed by atoms with Crippen molar-refractivity contribution in [1.29, 1.82) is 0 Å². The van der Waals surface area contributed by atoms with Crippen molar-refractivity contribution in [2.45, 2.75) is 26.4 Å². The topological polar surface area (TPSA) is 94.5 Å². The van der Waals surface area contributed by atoms with Gasteiger partial charge in [0.05, 0.1) is 11.3 Å². The fraction of sp³-hybridized carbons (Fsp3) is 0.233. The Bertz CT molecular complexity index is 1580. The van der Waals surface area contributed by atoms with Gasteiger partial charge in [0.15, 0.2) is 5.82 Å². The summed E-state index contributed by atoms with van der Waals surface area (Å²) >= 11 is 0. The minimum atomic E-state index is -4.42. The van der Waals surface area contributed by atoms with Gasteiger partial charge in [0.2, 0.25) is 5.96 Å². The Morgan fingerprint density at radius 3 is 2.44 bits per heavy atom. The van der Waals surface area contributed by atoms with Gasteiger partial charge in [-0.3, -0.25) is 5.10 Å². The molecule has 0 spiro atoms. The molecule has 1 aliphatic heterocycles. The molecule has 4 rings (SSSR count). The van der Waals surface area contributed by atoms with Gasteiger partial charge < -0.3 is 15.2 Å². The zero-order chi connectivity index (χ0) is 29.6. The summed E-state index contributed by atoms with van der Waals surface area (Å²) in [6.45, 7) is 7.34. The lowest BCUT2D eigenvalue weighted by atomic mass is 9.99. The highest BCUT2D eigenvalue weighted by molar-refractivity contribution is 7.70. The Kier molecular flexibility index (Phi) is 9.13. The van der Waals surface area contributed by atoms with E-state index in [-0.39, 0.29) is 11.9 Å². The largest absolute Gasteiger partial charge is 0.416 e. The van der Waals surface area contributed by atoms with E-state index in [0.29, 0.717) is 29.3 Å². The zero-order valence-corrected chi connectivity index (χ0v) is 24.1. The average molecular weight is 581 g/mol. The molecule has 0 fully saturated rings. The van der Waals surface area contributed by atoms with E-state index in [9.17, 15) is 17.7 Å². The summed E-state index contributed by atoms with van der Waals surface area (Å²) < 4.78 is 51.9. The highest BCUT2D eigenvalue weighted by Gasteiger charge is 2.30. The van der Waals surface area contributed by atoms with Crippen LogP contribution < -0.4 is 15.9 Å². The molecule has 2 aromatic carbocycles. The average Bonchev–Trinajstić information content (AvgIpc) is 3.35. The van der Waals surface area contributed by atoms with Crippen LogP contribution >= 0.6 is 7.14 Å². The van der Waals surface area contributed by atoms with E-state index in [0.717, 1.165) is 28.8 Å². The second-order valence-electron chi connectivity index (χ2n) is 10.0. The Labute approximate surface area is 237 Å². The van der Waals surface area contributed by atoms with Crippen LogP contribution in [-0.2, 0) is 10.7 Å². The van der Waals surface area contributed by atoms with Crippen molar-refractivity contribution in [3.05, 3.63) is 95.5 Å². The van der Waals surface area contributed by atoms with Gasteiger partial charge >= 0.3 is 6.18 Å². The summed E-state index contributed by atoms with van der Waals surface area (Å²) in [7, 11) is -2.38. The van der Waals surface area contributed by atoms with Crippen LogP contribution in [0.4, 0.5) is 24.7 Å². The van der Waals surface area contributed by atoms with Crippen LogP contribution in [-0.4, -0.2) is 35.2 Å². The third-order valence-electron chi connectivity index (χ3n) is 6.24. The summed E-state index contributed by atoms with van der Waals surface area (Å²) in [5.74, 6) is 1.23. The second kappa shape index (κ2) is 12.6. The van der Waals surface area contributed by atoms with Crippen molar-refractivity contribution in [3.63, 3.8) is 0 Å². The lowest BCUT2D eigenvalue weighted by Gasteiger charge is -2.17. The molecule has 1 aromatic heterocycles. The maximum atomic E-state index is 13.2. The molecule has 3 N–H and O–H groups in total. The molecule has 3 aromatic rings. The Morgan fingerprint density at radius 2 is 1.76 bits per heavy atom. The van der Waals surface area contributed by atoms with Crippen molar-refractivity contribution in [3.8, 4) is 0 Å². The number of hydrogen-bond donors (Lipinski definition) is 3. The number of nitrogens with zero attached hydrogens (tertiary/aromatic N) is 3. The fourth-order valence-corrected chi connectivity index (χ4v) is 4.86. The van der Waals surface area contributed by atoms with E-state index in [4.69, 9.17) is 9.98 Å². The van der Waals surface area contributed by atoms with E-state index >= 15 is 0 Å². The summed E-state index contributed by atoms with van der Waals surface area (Å²) in [5, 5.41) is 14.4. The van der Waals surface area contributed by atoms with E-state index in [1.807, 2.05) is 62.4 Å². The maximum Gasteiger partial charge on any atom is 0.416 e. The zero-order valence-electron chi connectivity index (χ0n) is 23.2. The molecule has 0 aliphatic carbocycles. The highest BCUT2D eigenvalue weighted by atomic mass is 31.2. The van der Waals surface area contributed by atoms with Gasteiger partial charge in [-0.25, -0.2) is 4.99 Å². The van der Waals surface area contributed by atoms with E-state index in [1.54, 1.807) is 31.5 Å². The van der Waals surface area contributed by atoms with Crippen LogP contribution in [0, 0.1) is 5.92 Å². The van der Waals surface area contributed by atoms with E-state index in [1.165, 1.54) is 6.07 Å². The first-order valence-corrected chi connectivity index (χ1v) is 15.6. The minimum absolute atomic E-state index is 0.0765. The van der Waals surface area contributed by atoms with Crippen molar-refractivity contribution in [2.24, 2.45) is 15.9 Å². The van der Waals surface area contributed by atoms with Gasteiger partial charge in [0.25, 0.3) is 0 Å². The molecule has 11 heteroatoms. The number of halogens is 3. The minimum Gasteiger partial charge on any atom is -0.340 e. The predicted octanol–water partition coefficient (Wildman–Crippen LogP) is 7.63. The van der Waals surface area contributed by atoms with Crippen LogP contribution in [0.25, 0.3) is 12.2 Å². The number of allylic oxidation sites excluding steroid dienone is 3. The number of benzene rings is 2. The third kappa shape index (κ3) is 8.41. The molecule has 7 nitrogen and oxygen atoms in total. The smallest absolute Gasteiger partial charge is 0.340 e. The molecular formula is C30H32F3N6OP. The number of anilines is 2. The molecule has 0 saturated carbocycles. The van der Waals surface area contributed by atoms with Crippen molar-refractivity contribution < 1.29 is 17.7 Å². The van der Waals surface area contributed by atoms with Gasteiger partial charge in [0.1, 0.15) is 13.0 Å². The Balaban J connectivity index is 1.66. The highest BCUT2D eigenvalue weighted by Crippen LogP contribution is 2.35. The van der Waals surface area contributed by atoms with Crippen molar-refractivity contribution in [2.75, 3.05) is 24.0 Å². The molecule has 1 unspecified atom stereocenters. The molecule has 214 valence electrons. The number of hydrogen-bond acceptors (Lipinski definition) is 6. The second-order valence-corrected chi connectivity index (χ2v) is 13.2. The molecule has 1 atom stereocenters. The predicted molar refractivity (Wildman–Crippen MR) is 163 cm³/mol. The summed E-state index contributed by atoms with van der Waals surface area (Å²) in [6.07, 6.45) is 5.18. The van der Waals surface area contributed by atoms with E-state index in [2.05, 4.69) is 20.8 Å². The molecule has 0 amide bonds. The van der Waals surface area contributed by atoms with Gasteiger partial charge in [-0.05, 0) is 86.9 Å².